The normalized spacial score (nSPS) is 12.3. The summed E-state index contributed by atoms with van der Waals surface area (Å²) in [4.78, 5) is 4.34. The van der Waals surface area contributed by atoms with E-state index in [4.69, 9.17) is 0 Å². The maximum atomic E-state index is 10.5. The highest BCUT2D eigenvalue weighted by molar-refractivity contribution is 5.23. The number of hydrogen-bond donors (Lipinski definition) is 1. The predicted octanol–water partition coefficient (Wildman–Crippen LogP) is 3.52. The van der Waals surface area contributed by atoms with E-state index >= 15 is 0 Å². The SMILES string of the molecule is Cc1ccc(CC(O)c2nccn2Cc2ccccc2)cc1. The fourth-order valence-corrected chi connectivity index (χ4v) is 2.57. The van der Waals surface area contributed by atoms with Gasteiger partial charge in [-0.25, -0.2) is 4.98 Å². The van der Waals surface area contributed by atoms with Gasteiger partial charge in [-0.15, -0.1) is 0 Å². The number of imidazole rings is 1. The monoisotopic (exact) mass is 292 g/mol. The van der Waals surface area contributed by atoms with Gasteiger partial charge >= 0.3 is 0 Å². The van der Waals surface area contributed by atoms with E-state index < -0.39 is 6.10 Å². The fourth-order valence-electron chi connectivity index (χ4n) is 2.57. The average Bonchev–Trinajstić information content (AvgIpc) is 2.99. The van der Waals surface area contributed by atoms with Gasteiger partial charge in [-0.2, -0.15) is 0 Å². The Labute approximate surface area is 130 Å². The van der Waals surface area contributed by atoms with Crippen molar-refractivity contribution >= 4 is 0 Å². The summed E-state index contributed by atoms with van der Waals surface area (Å²) in [5.74, 6) is 0.712. The number of hydrogen-bond acceptors (Lipinski definition) is 2. The van der Waals surface area contributed by atoms with E-state index in [1.807, 2.05) is 29.0 Å². The quantitative estimate of drug-likeness (QED) is 0.781. The fraction of sp³-hybridized carbons (Fsp3) is 0.211. The zero-order valence-corrected chi connectivity index (χ0v) is 12.7. The van der Waals surface area contributed by atoms with Crippen molar-refractivity contribution in [1.29, 1.82) is 0 Å². The van der Waals surface area contributed by atoms with Crippen molar-refractivity contribution in [3.05, 3.63) is 89.5 Å². The molecule has 1 N–H and O–H groups in total. The number of aliphatic hydroxyl groups is 1. The van der Waals surface area contributed by atoms with Crippen LogP contribution in [0.4, 0.5) is 0 Å². The molecule has 0 amide bonds. The molecule has 3 rings (SSSR count). The molecule has 0 spiro atoms. The van der Waals surface area contributed by atoms with E-state index in [1.165, 1.54) is 11.1 Å². The van der Waals surface area contributed by atoms with Gasteiger partial charge in [-0.3, -0.25) is 0 Å². The van der Waals surface area contributed by atoms with Gasteiger partial charge in [0.1, 0.15) is 11.9 Å². The molecule has 3 aromatic rings. The molecule has 1 unspecified atom stereocenters. The Balaban J connectivity index is 1.74. The van der Waals surface area contributed by atoms with Crippen molar-refractivity contribution in [2.75, 3.05) is 0 Å². The molecular weight excluding hydrogens is 272 g/mol. The Morgan fingerprint density at radius 3 is 2.45 bits per heavy atom. The van der Waals surface area contributed by atoms with Gasteiger partial charge in [0.25, 0.3) is 0 Å². The molecule has 0 bridgehead atoms. The lowest BCUT2D eigenvalue weighted by atomic mass is 10.1. The third-order valence-corrected chi connectivity index (χ3v) is 3.79. The van der Waals surface area contributed by atoms with Gasteiger partial charge in [0.15, 0.2) is 0 Å². The number of benzene rings is 2. The second kappa shape index (κ2) is 6.58. The smallest absolute Gasteiger partial charge is 0.138 e. The molecule has 0 aliphatic heterocycles. The molecule has 0 radical (unpaired) electrons. The van der Waals surface area contributed by atoms with Crippen LogP contribution in [-0.4, -0.2) is 14.7 Å². The van der Waals surface area contributed by atoms with Crippen LogP contribution in [0.5, 0.6) is 0 Å². The molecule has 3 nitrogen and oxygen atoms in total. The Hall–Kier alpha value is -2.39. The first-order valence-electron chi connectivity index (χ1n) is 7.51. The molecular formula is C19H20N2O. The Morgan fingerprint density at radius 2 is 1.73 bits per heavy atom. The molecule has 3 heteroatoms. The molecule has 0 saturated heterocycles. The molecule has 0 aliphatic carbocycles. The van der Waals surface area contributed by atoms with Crippen LogP contribution >= 0.6 is 0 Å². The van der Waals surface area contributed by atoms with Crippen molar-refractivity contribution in [2.24, 2.45) is 0 Å². The van der Waals surface area contributed by atoms with Gasteiger partial charge < -0.3 is 9.67 Å². The van der Waals surface area contributed by atoms with Crippen LogP contribution in [-0.2, 0) is 13.0 Å². The highest BCUT2D eigenvalue weighted by Crippen LogP contribution is 2.18. The van der Waals surface area contributed by atoms with Crippen LogP contribution in [0.25, 0.3) is 0 Å². The molecule has 1 aromatic heterocycles. The molecule has 1 heterocycles. The predicted molar refractivity (Wildman–Crippen MR) is 87.6 cm³/mol. The Bertz CT molecular complexity index is 717. The maximum absolute atomic E-state index is 10.5. The first-order valence-corrected chi connectivity index (χ1v) is 7.51. The number of nitrogens with zero attached hydrogens (tertiary/aromatic N) is 2. The molecule has 22 heavy (non-hydrogen) atoms. The maximum Gasteiger partial charge on any atom is 0.138 e. The zero-order valence-electron chi connectivity index (χ0n) is 12.7. The largest absolute Gasteiger partial charge is 0.385 e. The lowest BCUT2D eigenvalue weighted by molar-refractivity contribution is 0.164. The van der Waals surface area contributed by atoms with Crippen molar-refractivity contribution in [1.82, 2.24) is 9.55 Å². The molecule has 1 atom stereocenters. The van der Waals surface area contributed by atoms with Gasteiger partial charge in [0.05, 0.1) is 0 Å². The number of aliphatic hydroxyl groups excluding tert-OH is 1. The highest BCUT2D eigenvalue weighted by Gasteiger charge is 2.14. The van der Waals surface area contributed by atoms with Crippen LogP contribution < -0.4 is 0 Å². The molecule has 0 fully saturated rings. The van der Waals surface area contributed by atoms with Crippen LogP contribution in [0.15, 0.2) is 67.0 Å². The summed E-state index contributed by atoms with van der Waals surface area (Å²) in [7, 11) is 0. The van der Waals surface area contributed by atoms with Crippen molar-refractivity contribution in [3.63, 3.8) is 0 Å². The molecule has 0 aliphatic rings. The van der Waals surface area contributed by atoms with Gasteiger partial charge in [0.2, 0.25) is 0 Å². The minimum Gasteiger partial charge on any atom is -0.385 e. The zero-order chi connectivity index (χ0) is 15.4. The van der Waals surface area contributed by atoms with Gasteiger partial charge in [-0.05, 0) is 18.1 Å². The van der Waals surface area contributed by atoms with E-state index in [0.29, 0.717) is 12.2 Å². The summed E-state index contributed by atoms with van der Waals surface area (Å²) < 4.78 is 2.01. The van der Waals surface area contributed by atoms with E-state index in [0.717, 1.165) is 12.1 Å². The summed E-state index contributed by atoms with van der Waals surface area (Å²) in [6.07, 6.45) is 3.64. The minimum atomic E-state index is -0.596. The van der Waals surface area contributed by atoms with Crippen LogP contribution in [0.1, 0.15) is 28.6 Å². The Morgan fingerprint density at radius 1 is 1.00 bits per heavy atom. The van der Waals surface area contributed by atoms with Gasteiger partial charge in [0, 0.05) is 25.4 Å². The summed E-state index contributed by atoms with van der Waals surface area (Å²) in [5.41, 5.74) is 3.54. The Kier molecular flexibility index (Phi) is 4.35. The summed E-state index contributed by atoms with van der Waals surface area (Å²) in [6, 6.07) is 18.5. The van der Waals surface area contributed by atoms with Crippen molar-refractivity contribution in [2.45, 2.75) is 26.0 Å². The standard InChI is InChI=1S/C19H20N2O/c1-15-7-9-16(10-8-15)13-18(22)19-20-11-12-21(19)14-17-5-3-2-4-6-17/h2-12,18,22H,13-14H2,1H3. The van der Waals surface area contributed by atoms with Crippen molar-refractivity contribution < 1.29 is 5.11 Å². The summed E-state index contributed by atoms with van der Waals surface area (Å²) >= 11 is 0. The van der Waals surface area contributed by atoms with E-state index in [1.54, 1.807) is 6.20 Å². The van der Waals surface area contributed by atoms with Crippen LogP contribution in [0.3, 0.4) is 0 Å². The van der Waals surface area contributed by atoms with Gasteiger partial charge in [-0.1, -0.05) is 60.2 Å². The number of rotatable bonds is 5. The van der Waals surface area contributed by atoms with E-state index in [9.17, 15) is 5.11 Å². The summed E-state index contributed by atoms with van der Waals surface area (Å²) in [5, 5.41) is 10.5. The second-order valence-corrected chi connectivity index (χ2v) is 5.60. The van der Waals surface area contributed by atoms with E-state index in [2.05, 4.69) is 48.3 Å². The first kappa shape index (κ1) is 14.5. The second-order valence-electron chi connectivity index (χ2n) is 5.60. The lowest BCUT2D eigenvalue weighted by Gasteiger charge is -2.14. The lowest BCUT2D eigenvalue weighted by Crippen LogP contribution is -2.11. The average molecular weight is 292 g/mol. The third kappa shape index (κ3) is 3.43. The van der Waals surface area contributed by atoms with Crippen LogP contribution in [0, 0.1) is 6.92 Å². The van der Waals surface area contributed by atoms with E-state index in [-0.39, 0.29) is 0 Å². The molecule has 2 aromatic carbocycles. The third-order valence-electron chi connectivity index (χ3n) is 3.79. The number of aryl methyl sites for hydroxylation is 1. The first-order chi connectivity index (χ1) is 10.7. The minimum absolute atomic E-state index is 0.575. The summed E-state index contributed by atoms with van der Waals surface area (Å²) in [6.45, 7) is 2.79. The highest BCUT2D eigenvalue weighted by atomic mass is 16.3. The van der Waals surface area contributed by atoms with Crippen molar-refractivity contribution in [3.8, 4) is 0 Å². The topological polar surface area (TPSA) is 38.1 Å². The molecule has 112 valence electrons. The molecule has 0 saturated carbocycles. The number of aromatic nitrogens is 2. The van der Waals surface area contributed by atoms with Crippen LogP contribution in [0.2, 0.25) is 0 Å².